The van der Waals surface area contributed by atoms with Crippen LogP contribution in [-0.2, 0) is 17.5 Å². The Hall–Kier alpha value is -2.65. The lowest BCUT2D eigenvalue weighted by atomic mass is 9.99. The Bertz CT molecular complexity index is 783. The molecular weight excluding hydrogens is 382 g/mol. The van der Waals surface area contributed by atoms with E-state index in [1.165, 1.54) is 0 Å². The molecule has 0 heterocycles. The summed E-state index contributed by atoms with van der Waals surface area (Å²) in [4.78, 5) is 11.6. The molecule has 28 heavy (non-hydrogen) atoms. The minimum absolute atomic E-state index is 0.0493. The Labute approximate surface area is 158 Å². The highest BCUT2D eigenvalue weighted by Gasteiger charge is 2.35. The average Bonchev–Trinajstić information content (AvgIpc) is 2.66. The van der Waals surface area contributed by atoms with Crippen molar-refractivity contribution in [1.29, 1.82) is 0 Å². The Morgan fingerprint density at radius 3 is 2.43 bits per heavy atom. The lowest BCUT2D eigenvalue weighted by Crippen LogP contribution is -2.30. The fraction of sp³-hybridized carbons (Fsp3) is 0.316. The van der Waals surface area contributed by atoms with Gasteiger partial charge >= 0.3 is 12.3 Å². The van der Waals surface area contributed by atoms with Gasteiger partial charge < -0.3 is 20.3 Å². The molecule has 1 amide bonds. The van der Waals surface area contributed by atoms with Crippen molar-refractivity contribution in [3.05, 3.63) is 71.0 Å². The van der Waals surface area contributed by atoms with Crippen molar-refractivity contribution in [3.8, 4) is 0 Å². The fourth-order valence-corrected chi connectivity index (χ4v) is 2.42. The molecule has 2 unspecified atom stereocenters. The first-order valence-corrected chi connectivity index (χ1v) is 8.36. The van der Waals surface area contributed by atoms with E-state index in [4.69, 9.17) is 4.74 Å². The molecule has 0 aliphatic heterocycles. The van der Waals surface area contributed by atoms with E-state index in [0.29, 0.717) is 12.1 Å². The number of aliphatic hydroxyl groups is 2. The van der Waals surface area contributed by atoms with Crippen molar-refractivity contribution in [2.24, 2.45) is 0 Å². The van der Waals surface area contributed by atoms with E-state index in [0.717, 1.165) is 11.6 Å². The van der Waals surface area contributed by atoms with Crippen molar-refractivity contribution in [2.75, 3.05) is 6.54 Å². The first kappa shape index (κ1) is 21.6. The number of rotatable bonds is 7. The second-order valence-corrected chi connectivity index (χ2v) is 6.03. The second-order valence-electron chi connectivity index (χ2n) is 6.03. The molecule has 0 bridgehead atoms. The number of hydrogen-bond donors (Lipinski definition) is 3. The maximum Gasteiger partial charge on any atom is 0.419 e. The quantitative estimate of drug-likeness (QED) is 0.620. The van der Waals surface area contributed by atoms with E-state index in [-0.39, 0.29) is 25.1 Å². The highest BCUT2D eigenvalue weighted by molar-refractivity contribution is 5.67. The minimum Gasteiger partial charge on any atom is -0.445 e. The molecule has 0 saturated heterocycles. The standard InChI is InChI=1S/C19H19F4NO4/c20-15-7-6-13(10-14(15)19(21,22)23)17(26)16(25)8-9-24-18(27)28-11-12-4-2-1-3-5-12/h1-7,10,16-17,25-26H,8-9,11H2,(H,24,27). The van der Waals surface area contributed by atoms with Gasteiger partial charge in [-0.25, -0.2) is 9.18 Å². The van der Waals surface area contributed by atoms with Gasteiger partial charge in [0.05, 0.1) is 11.7 Å². The lowest BCUT2D eigenvalue weighted by Gasteiger charge is -2.19. The number of alkyl carbamates (subject to hydrolysis) is 1. The van der Waals surface area contributed by atoms with Gasteiger partial charge in [0.25, 0.3) is 0 Å². The first-order chi connectivity index (χ1) is 13.2. The molecule has 0 radical (unpaired) electrons. The number of alkyl halides is 3. The monoisotopic (exact) mass is 401 g/mol. The summed E-state index contributed by atoms with van der Waals surface area (Å²) in [5, 5.41) is 22.3. The smallest absolute Gasteiger partial charge is 0.419 e. The first-order valence-electron chi connectivity index (χ1n) is 8.36. The maximum absolute atomic E-state index is 13.3. The molecule has 152 valence electrons. The van der Waals surface area contributed by atoms with E-state index < -0.39 is 35.9 Å². The number of benzene rings is 2. The zero-order chi connectivity index (χ0) is 20.7. The van der Waals surface area contributed by atoms with Crippen LogP contribution in [0, 0.1) is 5.82 Å². The number of aliphatic hydroxyl groups excluding tert-OH is 2. The average molecular weight is 401 g/mol. The summed E-state index contributed by atoms with van der Waals surface area (Å²) in [6, 6.07) is 10.9. The molecule has 9 heteroatoms. The molecule has 0 aliphatic carbocycles. The third kappa shape index (κ3) is 6.21. The van der Waals surface area contributed by atoms with Gasteiger partial charge in [0.2, 0.25) is 0 Å². The third-order valence-electron chi connectivity index (χ3n) is 3.92. The molecule has 2 aromatic rings. The summed E-state index contributed by atoms with van der Waals surface area (Å²) in [6.45, 7) is -0.0349. The minimum atomic E-state index is -4.92. The summed E-state index contributed by atoms with van der Waals surface area (Å²) in [5.74, 6) is -1.47. The molecule has 2 aromatic carbocycles. The summed E-state index contributed by atoms with van der Waals surface area (Å²) >= 11 is 0. The van der Waals surface area contributed by atoms with E-state index in [1.54, 1.807) is 24.3 Å². The molecular formula is C19H19F4NO4. The molecule has 2 atom stereocenters. The third-order valence-corrected chi connectivity index (χ3v) is 3.92. The fourth-order valence-electron chi connectivity index (χ4n) is 2.42. The van der Waals surface area contributed by atoms with Crippen molar-refractivity contribution in [2.45, 2.75) is 31.4 Å². The lowest BCUT2D eigenvalue weighted by molar-refractivity contribution is -0.140. The number of hydrogen-bond acceptors (Lipinski definition) is 4. The summed E-state index contributed by atoms with van der Waals surface area (Å²) in [6.07, 6.45) is -8.97. The van der Waals surface area contributed by atoms with Crippen LogP contribution in [0.5, 0.6) is 0 Å². The van der Waals surface area contributed by atoms with Gasteiger partial charge in [-0.3, -0.25) is 0 Å². The Balaban J connectivity index is 1.82. The summed E-state index contributed by atoms with van der Waals surface area (Å²) in [5.41, 5.74) is -1.03. The van der Waals surface area contributed by atoms with Gasteiger partial charge in [0.15, 0.2) is 0 Å². The molecule has 5 nitrogen and oxygen atoms in total. The van der Waals surface area contributed by atoms with Crippen molar-refractivity contribution in [1.82, 2.24) is 5.32 Å². The van der Waals surface area contributed by atoms with Crippen LogP contribution in [0.4, 0.5) is 22.4 Å². The van der Waals surface area contributed by atoms with Crippen LogP contribution in [-0.4, -0.2) is 29.0 Å². The van der Waals surface area contributed by atoms with Gasteiger partial charge in [0, 0.05) is 6.54 Å². The van der Waals surface area contributed by atoms with Crippen LogP contribution in [0.15, 0.2) is 48.5 Å². The van der Waals surface area contributed by atoms with Crippen LogP contribution in [0.3, 0.4) is 0 Å². The van der Waals surface area contributed by atoms with Crippen LogP contribution >= 0.6 is 0 Å². The molecule has 0 spiro atoms. The Morgan fingerprint density at radius 1 is 1.11 bits per heavy atom. The number of ether oxygens (including phenoxy) is 1. The van der Waals surface area contributed by atoms with Gasteiger partial charge in [-0.2, -0.15) is 13.2 Å². The van der Waals surface area contributed by atoms with Crippen LogP contribution in [0.25, 0.3) is 0 Å². The van der Waals surface area contributed by atoms with Crippen LogP contribution in [0.1, 0.15) is 29.2 Å². The Kier molecular flexibility index (Phi) is 7.36. The van der Waals surface area contributed by atoms with Gasteiger partial charge in [0.1, 0.15) is 18.5 Å². The Morgan fingerprint density at radius 2 is 1.79 bits per heavy atom. The van der Waals surface area contributed by atoms with Crippen LogP contribution < -0.4 is 5.32 Å². The predicted octanol–water partition coefficient (Wildman–Crippen LogP) is 3.56. The van der Waals surface area contributed by atoms with E-state index in [9.17, 15) is 32.6 Å². The molecule has 0 aliphatic rings. The summed E-state index contributed by atoms with van der Waals surface area (Å²) in [7, 11) is 0. The molecule has 0 aromatic heterocycles. The van der Waals surface area contributed by atoms with Crippen molar-refractivity contribution < 1.29 is 37.3 Å². The largest absolute Gasteiger partial charge is 0.445 e. The zero-order valence-corrected chi connectivity index (χ0v) is 14.6. The molecule has 0 saturated carbocycles. The molecule has 3 N–H and O–H groups in total. The molecule has 2 rings (SSSR count). The van der Waals surface area contributed by atoms with E-state index >= 15 is 0 Å². The second kappa shape index (κ2) is 9.52. The normalized spacial score (nSPS) is 13.6. The number of amides is 1. The van der Waals surface area contributed by atoms with Gasteiger partial charge in [-0.15, -0.1) is 0 Å². The topological polar surface area (TPSA) is 78.8 Å². The number of carbonyl (C=O) groups is 1. The highest BCUT2D eigenvalue weighted by Crippen LogP contribution is 2.33. The maximum atomic E-state index is 13.3. The molecule has 0 fully saturated rings. The highest BCUT2D eigenvalue weighted by atomic mass is 19.4. The van der Waals surface area contributed by atoms with E-state index in [2.05, 4.69) is 5.32 Å². The number of nitrogens with one attached hydrogen (secondary N) is 1. The zero-order valence-electron chi connectivity index (χ0n) is 14.6. The SMILES string of the molecule is O=C(NCCC(O)C(O)c1ccc(F)c(C(F)(F)F)c1)OCc1ccccc1. The predicted molar refractivity (Wildman–Crippen MR) is 91.6 cm³/mol. The number of carbonyl (C=O) groups excluding carboxylic acids is 1. The van der Waals surface area contributed by atoms with E-state index in [1.807, 2.05) is 6.07 Å². The van der Waals surface area contributed by atoms with Gasteiger partial charge in [-0.05, 0) is 29.7 Å². The summed E-state index contributed by atoms with van der Waals surface area (Å²) < 4.78 is 56.5. The van der Waals surface area contributed by atoms with Crippen molar-refractivity contribution >= 4 is 6.09 Å². The van der Waals surface area contributed by atoms with Gasteiger partial charge in [-0.1, -0.05) is 36.4 Å². The van der Waals surface area contributed by atoms with Crippen LogP contribution in [0.2, 0.25) is 0 Å². The van der Waals surface area contributed by atoms with Crippen molar-refractivity contribution in [3.63, 3.8) is 0 Å². The number of halogens is 4.